The lowest BCUT2D eigenvalue weighted by Crippen LogP contribution is -2.39. The van der Waals surface area contributed by atoms with Gasteiger partial charge in [0, 0.05) is 37.1 Å². The lowest BCUT2D eigenvalue weighted by molar-refractivity contribution is 0.0893. The Hall–Kier alpha value is -2.33. The first-order valence-electron chi connectivity index (χ1n) is 11.3. The third kappa shape index (κ3) is 5.88. The Morgan fingerprint density at radius 3 is 2.06 bits per heavy atom. The van der Waals surface area contributed by atoms with Gasteiger partial charge >= 0.3 is 0 Å². The highest BCUT2D eigenvalue weighted by atomic mass is 16.5. The first-order valence-corrected chi connectivity index (χ1v) is 11.3. The highest BCUT2D eigenvalue weighted by Gasteiger charge is 2.23. The number of hydrogen-bond acceptors (Lipinski definition) is 3. The van der Waals surface area contributed by atoms with Gasteiger partial charge in [0.05, 0.1) is 6.10 Å². The third-order valence-electron chi connectivity index (χ3n) is 6.13. The summed E-state index contributed by atoms with van der Waals surface area (Å²) in [5.74, 6) is -0.0678. The van der Waals surface area contributed by atoms with Gasteiger partial charge in [-0.1, -0.05) is 47.6 Å². The molecule has 0 spiro atoms. The van der Waals surface area contributed by atoms with E-state index in [0.717, 1.165) is 31.6 Å². The van der Waals surface area contributed by atoms with Gasteiger partial charge in [-0.05, 0) is 71.2 Å². The summed E-state index contributed by atoms with van der Waals surface area (Å²) in [6, 6.07) is 14.4. The average molecular weight is 423 g/mol. The van der Waals surface area contributed by atoms with Crippen LogP contribution in [0.15, 0.2) is 42.5 Å². The summed E-state index contributed by atoms with van der Waals surface area (Å²) in [7, 11) is 1.78. The number of ether oxygens (including phenoxy) is 1. The van der Waals surface area contributed by atoms with Crippen LogP contribution in [0.4, 0.5) is 11.4 Å². The Labute approximate surface area is 188 Å². The Bertz CT molecular complexity index is 872. The van der Waals surface area contributed by atoms with Crippen LogP contribution in [0.2, 0.25) is 0 Å². The largest absolute Gasteiger partial charge is 0.380 e. The van der Waals surface area contributed by atoms with Crippen LogP contribution in [0, 0.1) is 0 Å². The molecule has 1 amide bonds. The molecule has 31 heavy (non-hydrogen) atoms. The molecule has 2 aromatic rings. The Morgan fingerprint density at radius 2 is 1.55 bits per heavy atom. The molecule has 168 valence electrons. The van der Waals surface area contributed by atoms with Crippen molar-refractivity contribution in [1.29, 1.82) is 0 Å². The topological polar surface area (TPSA) is 41.6 Å². The molecule has 0 radical (unpaired) electrons. The molecule has 0 saturated carbocycles. The molecule has 4 nitrogen and oxygen atoms in total. The predicted octanol–water partition coefficient (Wildman–Crippen LogP) is 6.15. The first-order chi connectivity index (χ1) is 14.5. The van der Waals surface area contributed by atoms with Crippen molar-refractivity contribution in [3.05, 3.63) is 59.2 Å². The molecular weight excluding hydrogens is 384 g/mol. The number of rotatable bonds is 4. The predicted molar refractivity (Wildman–Crippen MR) is 130 cm³/mol. The van der Waals surface area contributed by atoms with Crippen LogP contribution >= 0.6 is 0 Å². The number of carbonyl (C=O) groups excluding carboxylic acids is 1. The zero-order valence-electron chi connectivity index (χ0n) is 20.2. The van der Waals surface area contributed by atoms with Gasteiger partial charge in [-0.2, -0.15) is 0 Å². The van der Waals surface area contributed by atoms with Crippen molar-refractivity contribution >= 4 is 17.3 Å². The fraction of sp³-hybridized carbons (Fsp3) is 0.519. The third-order valence-corrected chi connectivity index (χ3v) is 6.13. The van der Waals surface area contributed by atoms with Gasteiger partial charge < -0.3 is 15.0 Å². The lowest BCUT2D eigenvalue weighted by Gasteiger charge is -2.33. The molecule has 1 heterocycles. The van der Waals surface area contributed by atoms with Crippen molar-refractivity contribution < 1.29 is 9.53 Å². The number of piperidine rings is 1. The second-order valence-corrected chi connectivity index (χ2v) is 10.7. The van der Waals surface area contributed by atoms with E-state index in [1.165, 1.54) is 16.8 Å². The van der Waals surface area contributed by atoms with Gasteiger partial charge in [-0.15, -0.1) is 0 Å². The molecule has 1 saturated heterocycles. The van der Waals surface area contributed by atoms with E-state index in [9.17, 15) is 4.79 Å². The van der Waals surface area contributed by atoms with E-state index in [1.807, 2.05) is 24.3 Å². The number of amides is 1. The van der Waals surface area contributed by atoms with Crippen LogP contribution in [0.3, 0.4) is 0 Å². The zero-order chi connectivity index (χ0) is 22.8. The van der Waals surface area contributed by atoms with Crippen molar-refractivity contribution in [2.45, 2.75) is 71.3 Å². The molecule has 1 aliphatic rings. The number of benzene rings is 2. The number of anilines is 2. The molecular formula is C27H38N2O2. The molecule has 3 rings (SSSR count). The average Bonchev–Trinajstić information content (AvgIpc) is 2.72. The van der Waals surface area contributed by atoms with Crippen LogP contribution in [-0.2, 0) is 15.6 Å². The maximum absolute atomic E-state index is 13.1. The second kappa shape index (κ2) is 9.04. The van der Waals surface area contributed by atoms with Gasteiger partial charge in [-0.3, -0.25) is 4.79 Å². The highest BCUT2D eigenvalue weighted by Crippen LogP contribution is 2.31. The summed E-state index contributed by atoms with van der Waals surface area (Å²) in [5.41, 5.74) is 5.01. The Kier molecular flexibility index (Phi) is 6.80. The summed E-state index contributed by atoms with van der Waals surface area (Å²) in [5, 5.41) is 3.08. The molecule has 0 bridgehead atoms. The molecule has 1 unspecified atom stereocenters. The summed E-state index contributed by atoms with van der Waals surface area (Å²) in [6.07, 6.45) is 2.54. The molecule has 1 aliphatic heterocycles. The van der Waals surface area contributed by atoms with Gasteiger partial charge in [0.1, 0.15) is 0 Å². The lowest BCUT2D eigenvalue weighted by atomic mass is 9.79. The Morgan fingerprint density at radius 1 is 0.968 bits per heavy atom. The number of methoxy groups -OCH3 is 1. The van der Waals surface area contributed by atoms with Crippen LogP contribution in [0.1, 0.15) is 75.9 Å². The van der Waals surface area contributed by atoms with E-state index in [0.29, 0.717) is 11.7 Å². The van der Waals surface area contributed by atoms with Crippen LogP contribution in [0.25, 0.3) is 0 Å². The fourth-order valence-corrected chi connectivity index (χ4v) is 3.95. The molecule has 2 aromatic carbocycles. The van der Waals surface area contributed by atoms with E-state index >= 15 is 0 Å². The van der Waals surface area contributed by atoms with Crippen molar-refractivity contribution in [1.82, 2.24) is 0 Å². The number of nitrogens with zero attached hydrogens (tertiary/aromatic N) is 1. The monoisotopic (exact) mass is 422 g/mol. The molecule has 4 heteroatoms. The molecule has 1 N–H and O–H groups in total. The smallest absolute Gasteiger partial charge is 0.255 e. The molecule has 1 fully saturated rings. The van der Waals surface area contributed by atoms with Crippen molar-refractivity contribution in [2.24, 2.45) is 0 Å². The molecule has 1 atom stereocenters. The van der Waals surface area contributed by atoms with Crippen molar-refractivity contribution in [2.75, 3.05) is 30.4 Å². The standard InChI is InChI=1S/C27H38N2O2/c1-26(2,3)20-15-19(16-21(17-20)27(4,5)6)25(30)28-22-10-12-23(13-11-22)29-14-8-9-24(18-29)31-7/h10-13,15-17,24H,8-9,14,18H2,1-7H3,(H,28,30). The minimum absolute atomic E-state index is 0.0214. The van der Waals surface area contributed by atoms with Crippen molar-refractivity contribution in [3.8, 4) is 0 Å². The first kappa shape index (κ1) is 23.3. The van der Waals surface area contributed by atoms with Crippen LogP contribution < -0.4 is 10.2 Å². The Balaban J connectivity index is 1.78. The minimum Gasteiger partial charge on any atom is -0.380 e. The number of nitrogens with one attached hydrogen (secondary N) is 1. The zero-order valence-corrected chi connectivity index (χ0v) is 20.2. The van der Waals surface area contributed by atoms with Crippen LogP contribution in [-0.4, -0.2) is 32.2 Å². The van der Waals surface area contributed by atoms with Crippen LogP contribution in [0.5, 0.6) is 0 Å². The highest BCUT2D eigenvalue weighted by molar-refractivity contribution is 6.04. The number of hydrogen-bond donors (Lipinski definition) is 1. The quantitative estimate of drug-likeness (QED) is 0.642. The molecule has 0 aromatic heterocycles. The second-order valence-electron chi connectivity index (χ2n) is 10.7. The summed E-state index contributed by atoms with van der Waals surface area (Å²) >= 11 is 0. The van der Waals surface area contributed by atoms with E-state index in [1.54, 1.807) is 7.11 Å². The maximum Gasteiger partial charge on any atom is 0.255 e. The van der Waals surface area contributed by atoms with Gasteiger partial charge in [0.25, 0.3) is 5.91 Å². The van der Waals surface area contributed by atoms with Gasteiger partial charge in [0.15, 0.2) is 0 Å². The summed E-state index contributed by atoms with van der Waals surface area (Å²) in [4.78, 5) is 15.5. The SMILES string of the molecule is COC1CCCN(c2ccc(NC(=O)c3cc(C(C)(C)C)cc(C(C)(C)C)c3)cc2)C1. The van der Waals surface area contributed by atoms with E-state index in [4.69, 9.17) is 4.74 Å². The minimum atomic E-state index is -0.0678. The normalized spacial score (nSPS) is 17.5. The summed E-state index contributed by atoms with van der Waals surface area (Å²) < 4.78 is 5.54. The fourth-order valence-electron chi connectivity index (χ4n) is 3.95. The van der Waals surface area contributed by atoms with Crippen molar-refractivity contribution in [3.63, 3.8) is 0 Å². The van der Waals surface area contributed by atoms with E-state index < -0.39 is 0 Å². The molecule has 0 aliphatic carbocycles. The van der Waals surface area contributed by atoms with Gasteiger partial charge in [-0.25, -0.2) is 0 Å². The van der Waals surface area contributed by atoms with Gasteiger partial charge in [0.2, 0.25) is 0 Å². The maximum atomic E-state index is 13.1. The van der Waals surface area contributed by atoms with E-state index in [-0.39, 0.29) is 16.7 Å². The number of carbonyl (C=O) groups is 1. The summed E-state index contributed by atoms with van der Waals surface area (Å²) in [6.45, 7) is 15.1. The van der Waals surface area contributed by atoms with E-state index in [2.05, 4.69) is 70.0 Å².